The third-order valence-corrected chi connectivity index (χ3v) is 6.26. The smallest absolute Gasteiger partial charge is 0.261 e. The van der Waals surface area contributed by atoms with Gasteiger partial charge in [0.15, 0.2) is 6.61 Å². The van der Waals surface area contributed by atoms with E-state index in [4.69, 9.17) is 25.8 Å². The van der Waals surface area contributed by atoms with Gasteiger partial charge in [0.25, 0.3) is 5.91 Å². The van der Waals surface area contributed by atoms with Gasteiger partial charge in [-0.15, -0.1) is 0 Å². The van der Waals surface area contributed by atoms with Crippen molar-refractivity contribution in [3.05, 3.63) is 88.9 Å². The Morgan fingerprint density at radius 3 is 2.18 bits per heavy atom. The molecule has 0 bridgehead atoms. The number of carbonyl (C=O) groups excluding carboxylic acids is 2. The van der Waals surface area contributed by atoms with Crippen molar-refractivity contribution in [2.24, 2.45) is 0 Å². The van der Waals surface area contributed by atoms with Crippen molar-refractivity contribution >= 4 is 23.4 Å². The van der Waals surface area contributed by atoms with Gasteiger partial charge in [-0.1, -0.05) is 67.4 Å². The van der Waals surface area contributed by atoms with Gasteiger partial charge in [-0.05, 0) is 29.7 Å². The first-order chi connectivity index (χ1) is 18.4. The van der Waals surface area contributed by atoms with Crippen molar-refractivity contribution in [1.82, 2.24) is 10.2 Å². The lowest BCUT2D eigenvalue weighted by Gasteiger charge is -2.31. The van der Waals surface area contributed by atoms with Crippen molar-refractivity contribution in [3.8, 4) is 17.2 Å². The molecule has 3 aromatic carbocycles. The standard InChI is InChI=1S/C30H35ClN2O5/c1-4-5-14-32-30(35)28(16-22-10-7-6-8-11-22)33(20-23-12-9-13-24(31)15-23)29(34)21-38-27-18-25(36-2)17-26(19-27)37-3/h6-13,15,17-19,28H,4-5,14,16,20-21H2,1-3H3,(H,32,35)/t28-/m0/s1. The van der Waals surface area contributed by atoms with E-state index < -0.39 is 6.04 Å². The van der Waals surface area contributed by atoms with E-state index >= 15 is 0 Å². The van der Waals surface area contributed by atoms with Crippen LogP contribution in [-0.4, -0.2) is 50.1 Å². The van der Waals surface area contributed by atoms with E-state index in [0.717, 1.165) is 24.0 Å². The van der Waals surface area contributed by atoms with E-state index in [0.29, 0.717) is 35.2 Å². The minimum absolute atomic E-state index is 0.197. The van der Waals surface area contributed by atoms with E-state index in [2.05, 4.69) is 12.2 Å². The summed E-state index contributed by atoms with van der Waals surface area (Å²) in [5.74, 6) is 0.961. The number of nitrogens with zero attached hydrogens (tertiary/aromatic N) is 1. The Morgan fingerprint density at radius 2 is 1.55 bits per heavy atom. The molecule has 0 aliphatic heterocycles. The average Bonchev–Trinajstić information content (AvgIpc) is 2.94. The third-order valence-electron chi connectivity index (χ3n) is 6.03. The number of hydrogen-bond acceptors (Lipinski definition) is 5. The summed E-state index contributed by atoms with van der Waals surface area (Å²) in [4.78, 5) is 28.7. The Labute approximate surface area is 229 Å². The number of nitrogens with one attached hydrogen (secondary N) is 1. The van der Waals surface area contributed by atoms with Gasteiger partial charge >= 0.3 is 0 Å². The second-order valence-corrected chi connectivity index (χ2v) is 9.28. The van der Waals surface area contributed by atoms with Crippen molar-refractivity contribution < 1.29 is 23.8 Å². The summed E-state index contributed by atoms with van der Waals surface area (Å²) in [6, 6.07) is 21.3. The molecule has 1 atom stereocenters. The molecule has 0 fully saturated rings. The maximum atomic E-state index is 13.7. The van der Waals surface area contributed by atoms with Gasteiger partial charge < -0.3 is 24.4 Å². The second-order valence-electron chi connectivity index (χ2n) is 8.84. The van der Waals surface area contributed by atoms with E-state index in [9.17, 15) is 9.59 Å². The van der Waals surface area contributed by atoms with Gasteiger partial charge in [-0.25, -0.2) is 0 Å². The monoisotopic (exact) mass is 538 g/mol. The van der Waals surface area contributed by atoms with Crippen molar-refractivity contribution in [2.75, 3.05) is 27.4 Å². The molecule has 0 unspecified atom stereocenters. The SMILES string of the molecule is CCCCNC(=O)[C@H](Cc1ccccc1)N(Cc1cccc(Cl)c1)C(=O)COc1cc(OC)cc(OC)c1. The number of amides is 2. The summed E-state index contributed by atoms with van der Waals surface area (Å²) < 4.78 is 16.5. The predicted molar refractivity (Wildman–Crippen MR) is 149 cm³/mol. The van der Waals surface area contributed by atoms with Crippen LogP contribution in [0.2, 0.25) is 5.02 Å². The summed E-state index contributed by atoms with van der Waals surface area (Å²) in [7, 11) is 3.09. The van der Waals surface area contributed by atoms with Crippen LogP contribution in [0.25, 0.3) is 0 Å². The summed E-state index contributed by atoms with van der Waals surface area (Å²) >= 11 is 6.23. The van der Waals surface area contributed by atoms with Crippen LogP contribution in [0.15, 0.2) is 72.8 Å². The molecule has 0 aromatic heterocycles. The van der Waals surface area contributed by atoms with Crippen LogP contribution in [0.4, 0.5) is 0 Å². The highest BCUT2D eigenvalue weighted by Crippen LogP contribution is 2.27. The Bertz CT molecular complexity index is 1170. The second kappa shape index (κ2) is 14.9. The molecule has 0 aliphatic rings. The minimum Gasteiger partial charge on any atom is -0.496 e. The van der Waals surface area contributed by atoms with Crippen molar-refractivity contribution in [3.63, 3.8) is 0 Å². The highest BCUT2D eigenvalue weighted by Gasteiger charge is 2.30. The minimum atomic E-state index is -0.746. The number of carbonyl (C=O) groups is 2. The number of rotatable bonds is 14. The lowest BCUT2D eigenvalue weighted by atomic mass is 10.0. The van der Waals surface area contributed by atoms with Crippen LogP contribution in [0.3, 0.4) is 0 Å². The van der Waals surface area contributed by atoms with Crippen LogP contribution in [0.1, 0.15) is 30.9 Å². The average molecular weight is 539 g/mol. The Morgan fingerprint density at radius 1 is 0.895 bits per heavy atom. The first-order valence-corrected chi connectivity index (χ1v) is 13.0. The molecule has 0 radical (unpaired) electrons. The zero-order valence-corrected chi connectivity index (χ0v) is 22.9. The molecule has 3 aromatic rings. The third kappa shape index (κ3) is 8.70. The molecule has 0 saturated heterocycles. The largest absolute Gasteiger partial charge is 0.496 e. The maximum Gasteiger partial charge on any atom is 0.261 e. The molecule has 0 aliphatic carbocycles. The summed E-state index contributed by atoms with van der Waals surface area (Å²) in [5.41, 5.74) is 1.76. The highest BCUT2D eigenvalue weighted by atomic mass is 35.5. The van der Waals surface area contributed by atoms with E-state index in [1.165, 1.54) is 0 Å². The quantitative estimate of drug-likeness (QED) is 0.282. The highest BCUT2D eigenvalue weighted by molar-refractivity contribution is 6.30. The van der Waals surface area contributed by atoms with Crippen molar-refractivity contribution in [2.45, 2.75) is 38.8 Å². The van der Waals surface area contributed by atoms with Crippen LogP contribution in [0, 0.1) is 0 Å². The van der Waals surface area contributed by atoms with E-state index in [1.54, 1.807) is 49.5 Å². The molecule has 3 rings (SSSR count). The number of halogens is 1. The maximum absolute atomic E-state index is 13.7. The molecular weight excluding hydrogens is 504 g/mol. The fraction of sp³-hybridized carbons (Fsp3) is 0.333. The van der Waals surface area contributed by atoms with E-state index in [1.807, 2.05) is 42.5 Å². The molecule has 0 saturated carbocycles. The van der Waals surface area contributed by atoms with Gasteiger partial charge in [-0.2, -0.15) is 0 Å². The lowest BCUT2D eigenvalue weighted by Crippen LogP contribution is -2.51. The van der Waals surface area contributed by atoms with Crippen LogP contribution >= 0.6 is 11.6 Å². The van der Waals surface area contributed by atoms with Gasteiger partial charge in [0.2, 0.25) is 5.91 Å². The lowest BCUT2D eigenvalue weighted by molar-refractivity contribution is -0.142. The van der Waals surface area contributed by atoms with Gasteiger partial charge in [-0.3, -0.25) is 9.59 Å². The van der Waals surface area contributed by atoms with Crippen molar-refractivity contribution in [1.29, 1.82) is 0 Å². The molecular formula is C30H35ClN2O5. The molecule has 8 heteroatoms. The molecule has 202 valence electrons. The van der Waals surface area contributed by atoms with Crippen LogP contribution in [0.5, 0.6) is 17.2 Å². The first-order valence-electron chi connectivity index (χ1n) is 12.6. The Hall–Kier alpha value is -3.71. The molecule has 0 heterocycles. The number of unbranched alkanes of at least 4 members (excludes halogenated alkanes) is 1. The normalized spacial score (nSPS) is 11.4. The van der Waals surface area contributed by atoms with Crippen LogP contribution in [-0.2, 0) is 22.6 Å². The molecule has 1 N–H and O–H groups in total. The predicted octanol–water partition coefficient (Wildman–Crippen LogP) is 5.29. The Balaban J connectivity index is 1.90. The zero-order chi connectivity index (χ0) is 27.3. The summed E-state index contributed by atoms with van der Waals surface area (Å²) in [6.07, 6.45) is 2.16. The number of benzene rings is 3. The van der Waals surface area contributed by atoms with E-state index in [-0.39, 0.29) is 25.0 Å². The fourth-order valence-electron chi connectivity index (χ4n) is 3.98. The van der Waals surface area contributed by atoms with Crippen LogP contribution < -0.4 is 19.5 Å². The van der Waals surface area contributed by atoms with Gasteiger partial charge in [0.05, 0.1) is 14.2 Å². The molecule has 7 nitrogen and oxygen atoms in total. The summed E-state index contributed by atoms with van der Waals surface area (Å²) in [5, 5.41) is 3.56. The fourth-order valence-corrected chi connectivity index (χ4v) is 4.20. The number of ether oxygens (including phenoxy) is 3. The van der Waals surface area contributed by atoms with Gasteiger partial charge in [0, 0.05) is 42.7 Å². The topological polar surface area (TPSA) is 77.1 Å². The molecule has 0 spiro atoms. The molecule has 38 heavy (non-hydrogen) atoms. The number of hydrogen-bond donors (Lipinski definition) is 1. The summed E-state index contributed by atoms with van der Waals surface area (Å²) in [6.45, 7) is 2.53. The zero-order valence-electron chi connectivity index (χ0n) is 22.1. The van der Waals surface area contributed by atoms with Gasteiger partial charge in [0.1, 0.15) is 23.3 Å². The number of methoxy groups -OCH3 is 2. The Kier molecular flexibility index (Phi) is 11.3. The molecule has 2 amide bonds. The first kappa shape index (κ1) is 28.9.